The van der Waals surface area contributed by atoms with E-state index in [0.29, 0.717) is 50.7 Å². The van der Waals surface area contributed by atoms with Gasteiger partial charge in [0.25, 0.3) is 5.91 Å². The summed E-state index contributed by atoms with van der Waals surface area (Å²) in [4.78, 5) is 26.3. The summed E-state index contributed by atoms with van der Waals surface area (Å²) in [6.07, 6.45) is 1.75. The molecule has 3 N–H and O–H groups in total. The molecule has 0 aromatic heterocycles. The summed E-state index contributed by atoms with van der Waals surface area (Å²) >= 11 is 0. The molecule has 1 fully saturated rings. The van der Waals surface area contributed by atoms with E-state index < -0.39 is 17.5 Å². The number of halogens is 2. The van der Waals surface area contributed by atoms with E-state index >= 15 is 0 Å². The van der Waals surface area contributed by atoms with Crippen molar-refractivity contribution in [1.82, 2.24) is 10.2 Å². The lowest BCUT2D eigenvalue weighted by Gasteiger charge is -2.31. The zero-order valence-electron chi connectivity index (χ0n) is 15.5. The Morgan fingerprint density at radius 2 is 1.75 bits per heavy atom. The predicted octanol–water partition coefficient (Wildman–Crippen LogP) is 2.76. The number of carbonyl (C=O) groups is 2. The molecule has 148 valence electrons. The van der Waals surface area contributed by atoms with Crippen molar-refractivity contribution in [2.24, 2.45) is 5.92 Å². The number of anilines is 1. The van der Waals surface area contributed by atoms with Gasteiger partial charge in [-0.05, 0) is 49.1 Å². The SMILES string of the molecule is Nc1ccc(CCNC(=O)C2CCN(C(=O)c3ccc(F)cc3F)CC2)cc1. The van der Waals surface area contributed by atoms with Gasteiger partial charge in [0.05, 0.1) is 5.56 Å². The maximum Gasteiger partial charge on any atom is 0.256 e. The van der Waals surface area contributed by atoms with Crippen LogP contribution < -0.4 is 11.1 Å². The van der Waals surface area contributed by atoms with Crippen LogP contribution in [-0.2, 0) is 11.2 Å². The molecule has 0 unspecified atom stereocenters. The first kappa shape index (κ1) is 19.8. The lowest BCUT2D eigenvalue weighted by molar-refractivity contribution is -0.126. The number of nitrogen functional groups attached to an aromatic ring is 1. The molecule has 1 aliphatic rings. The van der Waals surface area contributed by atoms with Crippen molar-refractivity contribution in [1.29, 1.82) is 0 Å². The van der Waals surface area contributed by atoms with Crippen LogP contribution in [0, 0.1) is 17.6 Å². The van der Waals surface area contributed by atoms with Crippen LogP contribution in [0.15, 0.2) is 42.5 Å². The van der Waals surface area contributed by atoms with Crippen molar-refractivity contribution in [3.05, 3.63) is 65.2 Å². The Bertz CT molecular complexity index is 847. The minimum absolute atomic E-state index is 0.0319. The molecule has 0 atom stereocenters. The van der Waals surface area contributed by atoms with E-state index in [1.165, 1.54) is 4.90 Å². The van der Waals surface area contributed by atoms with E-state index in [4.69, 9.17) is 5.73 Å². The maximum atomic E-state index is 13.8. The molecule has 1 saturated heterocycles. The number of likely N-dealkylation sites (tertiary alicyclic amines) is 1. The zero-order chi connectivity index (χ0) is 20.1. The normalized spacial score (nSPS) is 14.7. The summed E-state index contributed by atoms with van der Waals surface area (Å²) in [5, 5.41) is 2.93. The molecule has 2 aromatic rings. The van der Waals surface area contributed by atoms with E-state index in [1.54, 1.807) is 0 Å². The fraction of sp³-hybridized carbons (Fsp3) is 0.333. The van der Waals surface area contributed by atoms with Gasteiger partial charge in [-0.25, -0.2) is 8.78 Å². The molecule has 2 aromatic carbocycles. The highest BCUT2D eigenvalue weighted by Gasteiger charge is 2.28. The number of nitrogens with zero attached hydrogens (tertiary/aromatic N) is 1. The molecule has 28 heavy (non-hydrogen) atoms. The van der Waals surface area contributed by atoms with Crippen LogP contribution >= 0.6 is 0 Å². The van der Waals surface area contributed by atoms with E-state index in [0.717, 1.165) is 17.7 Å². The van der Waals surface area contributed by atoms with Crippen molar-refractivity contribution in [3.8, 4) is 0 Å². The predicted molar refractivity (Wildman–Crippen MR) is 103 cm³/mol. The van der Waals surface area contributed by atoms with Gasteiger partial charge in [0.2, 0.25) is 5.91 Å². The molecule has 1 heterocycles. The summed E-state index contributed by atoms with van der Waals surface area (Å²) in [7, 11) is 0. The van der Waals surface area contributed by atoms with Gasteiger partial charge >= 0.3 is 0 Å². The quantitative estimate of drug-likeness (QED) is 0.775. The lowest BCUT2D eigenvalue weighted by Crippen LogP contribution is -2.43. The summed E-state index contributed by atoms with van der Waals surface area (Å²) in [6.45, 7) is 1.26. The summed E-state index contributed by atoms with van der Waals surface area (Å²) in [5.74, 6) is -2.26. The largest absolute Gasteiger partial charge is 0.399 e. The van der Waals surface area contributed by atoms with Crippen LogP contribution in [0.2, 0.25) is 0 Å². The Balaban J connectivity index is 1.45. The molecule has 5 nitrogen and oxygen atoms in total. The number of nitrogens with two attached hydrogens (primary N) is 1. The van der Waals surface area contributed by atoms with Gasteiger partial charge in [0.1, 0.15) is 11.6 Å². The number of hydrogen-bond acceptors (Lipinski definition) is 3. The van der Waals surface area contributed by atoms with Crippen molar-refractivity contribution in [2.45, 2.75) is 19.3 Å². The Hall–Kier alpha value is -2.96. The first-order valence-electron chi connectivity index (χ1n) is 9.30. The third-order valence-corrected chi connectivity index (χ3v) is 5.01. The van der Waals surface area contributed by atoms with Crippen LogP contribution in [0.1, 0.15) is 28.8 Å². The summed E-state index contributed by atoms with van der Waals surface area (Å²) < 4.78 is 26.8. The average Bonchev–Trinajstić information content (AvgIpc) is 2.69. The van der Waals surface area contributed by atoms with Crippen LogP contribution in [0.25, 0.3) is 0 Å². The van der Waals surface area contributed by atoms with E-state index in [9.17, 15) is 18.4 Å². The van der Waals surface area contributed by atoms with Gasteiger partial charge in [-0.15, -0.1) is 0 Å². The molecule has 2 amide bonds. The molecular formula is C21H23F2N3O2. The molecule has 0 spiro atoms. The lowest BCUT2D eigenvalue weighted by atomic mass is 9.95. The summed E-state index contributed by atoms with van der Waals surface area (Å²) in [6, 6.07) is 10.4. The van der Waals surface area contributed by atoms with Crippen molar-refractivity contribution in [2.75, 3.05) is 25.4 Å². The number of nitrogens with one attached hydrogen (secondary N) is 1. The van der Waals surface area contributed by atoms with E-state index in [1.807, 2.05) is 24.3 Å². The smallest absolute Gasteiger partial charge is 0.256 e. The van der Waals surface area contributed by atoms with Crippen LogP contribution in [0.5, 0.6) is 0 Å². The second-order valence-corrected chi connectivity index (χ2v) is 6.97. The number of rotatable bonds is 5. The first-order chi connectivity index (χ1) is 13.4. The molecule has 0 radical (unpaired) electrons. The van der Waals surface area contributed by atoms with Gasteiger partial charge in [-0.3, -0.25) is 9.59 Å². The third-order valence-electron chi connectivity index (χ3n) is 5.01. The highest BCUT2D eigenvalue weighted by Crippen LogP contribution is 2.20. The zero-order valence-corrected chi connectivity index (χ0v) is 15.5. The van der Waals surface area contributed by atoms with Crippen LogP contribution in [0.3, 0.4) is 0 Å². The van der Waals surface area contributed by atoms with Crippen LogP contribution in [0.4, 0.5) is 14.5 Å². The minimum atomic E-state index is -0.868. The topological polar surface area (TPSA) is 75.4 Å². The Morgan fingerprint density at radius 1 is 1.07 bits per heavy atom. The van der Waals surface area contributed by atoms with Crippen molar-refractivity contribution >= 4 is 17.5 Å². The van der Waals surface area contributed by atoms with Crippen molar-refractivity contribution in [3.63, 3.8) is 0 Å². The number of hydrogen-bond donors (Lipinski definition) is 2. The number of amides is 2. The van der Waals surface area contributed by atoms with Gasteiger partial charge in [0.15, 0.2) is 0 Å². The second kappa shape index (κ2) is 8.82. The Kier molecular flexibility index (Phi) is 6.23. The molecule has 7 heteroatoms. The molecule has 0 aliphatic carbocycles. The first-order valence-corrected chi connectivity index (χ1v) is 9.30. The number of carbonyl (C=O) groups excluding carboxylic acids is 2. The fourth-order valence-corrected chi connectivity index (χ4v) is 3.34. The number of benzene rings is 2. The molecule has 0 bridgehead atoms. The second-order valence-electron chi connectivity index (χ2n) is 6.97. The minimum Gasteiger partial charge on any atom is -0.399 e. The van der Waals surface area contributed by atoms with Crippen molar-refractivity contribution < 1.29 is 18.4 Å². The Morgan fingerprint density at radius 3 is 2.39 bits per heavy atom. The summed E-state index contributed by atoms with van der Waals surface area (Å²) in [5.41, 5.74) is 7.30. The van der Waals surface area contributed by atoms with Gasteiger partial charge in [-0.2, -0.15) is 0 Å². The highest BCUT2D eigenvalue weighted by molar-refractivity contribution is 5.94. The average molecular weight is 387 g/mol. The molecule has 0 saturated carbocycles. The van der Waals surface area contributed by atoms with Gasteiger partial charge in [-0.1, -0.05) is 12.1 Å². The monoisotopic (exact) mass is 387 g/mol. The van der Waals surface area contributed by atoms with Crippen LogP contribution in [-0.4, -0.2) is 36.3 Å². The maximum absolute atomic E-state index is 13.8. The fourth-order valence-electron chi connectivity index (χ4n) is 3.34. The van der Waals surface area contributed by atoms with E-state index in [-0.39, 0.29) is 17.4 Å². The van der Waals surface area contributed by atoms with E-state index in [2.05, 4.69) is 5.32 Å². The van der Waals surface area contributed by atoms with Gasteiger partial charge in [0, 0.05) is 37.3 Å². The third kappa shape index (κ3) is 4.85. The molecule has 3 rings (SSSR count). The Labute approximate surface area is 162 Å². The van der Waals surface area contributed by atoms with Gasteiger partial charge < -0.3 is 16.0 Å². The highest BCUT2D eigenvalue weighted by atomic mass is 19.1. The number of piperidine rings is 1. The molecule has 1 aliphatic heterocycles. The standard InChI is InChI=1S/C21H23F2N3O2/c22-16-3-6-18(19(23)13-16)21(28)26-11-8-15(9-12-26)20(27)25-10-7-14-1-4-17(24)5-2-14/h1-6,13,15H,7-12,24H2,(H,25,27). The molecular weight excluding hydrogens is 364 g/mol.